The number of hydrogen-bond donors (Lipinski definition) is 2. The van der Waals surface area contributed by atoms with Gasteiger partial charge >= 0.3 is 0 Å². The Labute approximate surface area is 114 Å². The summed E-state index contributed by atoms with van der Waals surface area (Å²) in [4.78, 5) is 11.7. The Morgan fingerprint density at radius 3 is 2.53 bits per heavy atom. The molecule has 0 aromatic heterocycles. The Morgan fingerprint density at radius 2 is 1.95 bits per heavy atom. The van der Waals surface area contributed by atoms with Gasteiger partial charge in [-0.1, -0.05) is 30.3 Å². The van der Waals surface area contributed by atoms with Crippen molar-refractivity contribution in [2.75, 3.05) is 18.6 Å². The highest BCUT2D eigenvalue weighted by molar-refractivity contribution is 7.90. The van der Waals surface area contributed by atoms with Crippen LogP contribution in [0.1, 0.15) is 12.0 Å². The summed E-state index contributed by atoms with van der Waals surface area (Å²) in [5.74, 6) is -0.182. The van der Waals surface area contributed by atoms with Crippen LogP contribution >= 0.6 is 0 Å². The van der Waals surface area contributed by atoms with E-state index in [1.54, 1.807) is 0 Å². The molecule has 5 nitrogen and oxygen atoms in total. The third kappa shape index (κ3) is 6.93. The number of benzene rings is 1. The van der Waals surface area contributed by atoms with E-state index < -0.39 is 15.9 Å². The summed E-state index contributed by atoms with van der Waals surface area (Å²) in [7, 11) is -2.97. The smallest absolute Gasteiger partial charge is 0.237 e. The van der Waals surface area contributed by atoms with Gasteiger partial charge in [0.25, 0.3) is 0 Å². The monoisotopic (exact) mass is 284 g/mol. The first-order valence-electron chi connectivity index (χ1n) is 6.13. The van der Waals surface area contributed by atoms with Gasteiger partial charge in [-0.05, 0) is 18.4 Å². The van der Waals surface area contributed by atoms with Gasteiger partial charge in [-0.3, -0.25) is 4.79 Å². The molecular formula is C13H20N2O3S. The second-order valence-electron chi connectivity index (χ2n) is 4.57. The average molecular weight is 284 g/mol. The predicted octanol–water partition coefficient (Wildman–Crippen LogP) is 0.107. The second-order valence-corrected chi connectivity index (χ2v) is 6.83. The minimum atomic E-state index is -2.97. The van der Waals surface area contributed by atoms with Crippen molar-refractivity contribution in [3.8, 4) is 0 Å². The van der Waals surface area contributed by atoms with Gasteiger partial charge in [-0.2, -0.15) is 0 Å². The number of carbonyl (C=O) groups is 1. The maximum Gasteiger partial charge on any atom is 0.237 e. The lowest BCUT2D eigenvalue weighted by molar-refractivity contribution is -0.122. The first kappa shape index (κ1) is 15.7. The number of amides is 1. The summed E-state index contributed by atoms with van der Waals surface area (Å²) in [5, 5.41) is 2.65. The third-order valence-corrected chi connectivity index (χ3v) is 3.66. The van der Waals surface area contributed by atoms with Crippen molar-refractivity contribution in [1.29, 1.82) is 0 Å². The molecule has 0 saturated heterocycles. The van der Waals surface area contributed by atoms with Crippen molar-refractivity contribution in [2.24, 2.45) is 5.73 Å². The van der Waals surface area contributed by atoms with Crippen molar-refractivity contribution in [1.82, 2.24) is 5.32 Å². The highest BCUT2D eigenvalue weighted by Gasteiger charge is 2.13. The van der Waals surface area contributed by atoms with Crippen LogP contribution in [0.25, 0.3) is 0 Å². The van der Waals surface area contributed by atoms with Gasteiger partial charge in [0.1, 0.15) is 9.84 Å². The van der Waals surface area contributed by atoms with E-state index in [9.17, 15) is 13.2 Å². The van der Waals surface area contributed by atoms with E-state index >= 15 is 0 Å². The van der Waals surface area contributed by atoms with Crippen molar-refractivity contribution >= 4 is 15.7 Å². The fourth-order valence-corrected chi connectivity index (χ4v) is 2.31. The molecule has 106 valence electrons. The van der Waals surface area contributed by atoms with Gasteiger partial charge in [-0.25, -0.2) is 8.42 Å². The Morgan fingerprint density at radius 1 is 1.32 bits per heavy atom. The first-order chi connectivity index (χ1) is 8.88. The Bertz CT molecular complexity index is 500. The van der Waals surface area contributed by atoms with Crippen LogP contribution in [0.3, 0.4) is 0 Å². The summed E-state index contributed by atoms with van der Waals surface area (Å²) < 4.78 is 21.8. The molecule has 0 saturated carbocycles. The van der Waals surface area contributed by atoms with Crippen LogP contribution in [0.4, 0.5) is 0 Å². The zero-order valence-electron chi connectivity index (χ0n) is 11.0. The molecule has 6 heteroatoms. The lowest BCUT2D eigenvalue weighted by atomic mass is 10.1. The Hall–Kier alpha value is -1.40. The summed E-state index contributed by atoms with van der Waals surface area (Å²) in [6, 6.07) is 8.91. The highest BCUT2D eigenvalue weighted by Crippen LogP contribution is 2.01. The molecule has 0 fully saturated rings. The van der Waals surface area contributed by atoms with Crippen LogP contribution in [0.2, 0.25) is 0 Å². The summed E-state index contributed by atoms with van der Waals surface area (Å²) >= 11 is 0. The van der Waals surface area contributed by atoms with Crippen molar-refractivity contribution in [3.05, 3.63) is 35.9 Å². The molecule has 1 atom stereocenters. The van der Waals surface area contributed by atoms with E-state index in [0.717, 1.165) is 5.56 Å². The normalized spacial score (nSPS) is 12.9. The van der Waals surface area contributed by atoms with Gasteiger partial charge in [0.05, 0.1) is 11.8 Å². The van der Waals surface area contributed by atoms with Crippen LogP contribution in [0, 0.1) is 0 Å². The number of carbonyl (C=O) groups excluding carboxylic acids is 1. The number of rotatable bonds is 7. The Balaban J connectivity index is 2.29. The fourth-order valence-electron chi connectivity index (χ4n) is 1.64. The van der Waals surface area contributed by atoms with Gasteiger partial charge < -0.3 is 11.1 Å². The molecule has 1 aromatic carbocycles. The predicted molar refractivity (Wildman–Crippen MR) is 75.5 cm³/mol. The largest absolute Gasteiger partial charge is 0.355 e. The molecule has 3 N–H and O–H groups in total. The molecule has 0 radical (unpaired) electrons. The summed E-state index contributed by atoms with van der Waals surface area (Å²) in [6.45, 7) is 0.328. The third-order valence-electron chi connectivity index (χ3n) is 2.63. The van der Waals surface area contributed by atoms with Crippen molar-refractivity contribution < 1.29 is 13.2 Å². The van der Waals surface area contributed by atoms with Gasteiger partial charge in [-0.15, -0.1) is 0 Å². The van der Waals surface area contributed by atoms with Crippen LogP contribution in [0.5, 0.6) is 0 Å². The maximum absolute atomic E-state index is 11.7. The van der Waals surface area contributed by atoms with Crippen molar-refractivity contribution in [3.63, 3.8) is 0 Å². The number of hydrogen-bond acceptors (Lipinski definition) is 4. The molecule has 0 heterocycles. The second kappa shape index (κ2) is 7.25. The molecular weight excluding hydrogens is 264 g/mol. The molecule has 1 amide bonds. The summed E-state index contributed by atoms with van der Waals surface area (Å²) in [5.41, 5.74) is 6.79. The quantitative estimate of drug-likeness (QED) is 0.695. The molecule has 0 aliphatic rings. The van der Waals surface area contributed by atoms with E-state index in [4.69, 9.17) is 5.73 Å². The molecule has 0 aliphatic carbocycles. The van der Waals surface area contributed by atoms with Gasteiger partial charge in [0, 0.05) is 12.8 Å². The highest BCUT2D eigenvalue weighted by atomic mass is 32.2. The minimum absolute atomic E-state index is 0.0706. The Kier molecular flexibility index (Phi) is 5.98. The van der Waals surface area contributed by atoms with Gasteiger partial charge in [0.2, 0.25) is 5.91 Å². The lowest BCUT2D eigenvalue weighted by Crippen LogP contribution is -2.42. The molecule has 0 bridgehead atoms. The molecule has 1 rings (SSSR count). The van der Waals surface area contributed by atoms with E-state index in [-0.39, 0.29) is 11.7 Å². The van der Waals surface area contributed by atoms with E-state index in [2.05, 4.69) is 5.32 Å². The van der Waals surface area contributed by atoms with Crippen molar-refractivity contribution in [2.45, 2.75) is 18.9 Å². The molecule has 0 aliphatic heterocycles. The lowest BCUT2D eigenvalue weighted by Gasteiger charge is -2.12. The molecule has 0 spiro atoms. The molecule has 19 heavy (non-hydrogen) atoms. The first-order valence-corrected chi connectivity index (χ1v) is 8.19. The van der Waals surface area contributed by atoms with Crippen LogP contribution < -0.4 is 11.1 Å². The number of nitrogens with one attached hydrogen (secondary N) is 1. The number of sulfone groups is 1. The van der Waals surface area contributed by atoms with Crippen LogP contribution in [-0.4, -0.2) is 38.9 Å². The SMILES string of the molecule is CS(=O)(=O)CCCNC(=O)[C@H](N)Cc1ccccc1. The maximum atomic E-state index is 11.7. The van der Waals surface area contributed by atoms with Gasteiger partial charge in [0.15, 0.2) is 0 Å². The van der Waals surface area contributed by atoms with Crippen LogP contribution in [-0.2, 0) is 21.1 Å². The van der Waals surface area contributed by atoms with Crippen LogP contribution in [0.15, 0.2) is 30.3 Å². The van der Waals surface area contributed by atoms with E-state index in [1.807, 2.05) is 30.3 Å². The number of nitrogens with two attached hydrogens (primary N) is 1. The zero-order valence-corrected chi connectivity index (χ0v) is 11.8. The van der Waals surface area contributed by atoms with E-state index in [0.29, 0.717) is 19.4 Å². The topological polar surface area (TPSA) is 89.3 Å². The molecule has 0 unspecified atom stereocenters. The summed E-state index contributed by atoms with van der Waals surface area (Å²) in [6.07, 6.45) is 2.05. The van der Waals surface area contributed by atoms with E-state index in [1.165, 1.54) is 6.26 Å². The fraction of sp³-hybridized carbons (Fsp3) is 0.462. The standard InChI is InChI=1S/C13H20N2O3S/c1-19(17,18)9-5-8-15-13(16)12(14)10-11-6-3-2-4-7-11/h2-4,6-7,12H,5,8-10,14H2,1H3,(H,15,16)/t12-/m1/s1. The zero-order chi connectivity index (χ0) is 14.3. The minimum Gasteiger partial charge on any atom is -0.355 e. The molecule has 1 aromatic rings. The average Bonchev–Trinajstić information content (AvgIpc) is 2.34.